The van der Waals surface area contributed by atoms with Crippen molar-refractivity contribution in [1.82, 2.24) is 15.0 Å². The first-order valence-electron chi connectivity index (χ1n) is 5.13. The lowest BCUT2D eigenvalue weighted by Crippen LogP contribution is -2.14. The van der Waals surface area contributed by atoms with Crippen LogP contribution in [0.5, 0.6) is 0 Å². The zero-order valence-electron chi connectivity index (χ0n) is 9.30. The molecule has 18 heavy (non-hydrogen) atoms. The highest BCUT2D eigenvalue weighted by Crippen LogP contribution is 2.08. The van der Waals surface area contributed by atoms with Gasteiger partial charge in [-0.25, -0.2) is 9.97 Å². The van der Waals surface area contributed by atoms with Gasteiger partial charge in [0.1, 0.15) is 4.60 Å². The van der Waals surface area contributed by atoms with Gasteiger partial charge >= 0.3 is 0 Å². The van der Waals surface area contributed by atoms with Crippen LogP contribution in [0.15, 0.2) is 35.3 Å². The van der Waals surface area contributed by atoms with Crippen molar-refractivity contribution in [3.63, 3.8) is 0 Å². The van der Waals surface area contributed by atoms with Crippen LogP contribution >= 0.6 is 15.9 Å². The lowest BCUT2D eigenvalue weighted by molar-refractivity contribution is 0.102. The van der Waals surface area contributed by atoms with Crippen molar-refractivity contribution in [3.05, 3.63) is 46.6 Å². The van der Waals surface area contributed by atoms with E-state index in [2.05, 4.69) is 36.2 Å². The average Bonchev–Trinajstić information content (AvgIpc) is 2.41. The van der Waals surface area contributed by atoms with Crippen molar-refractivity contribution in [1.29, 1.82) is 0 Å². The number of amides is 1. The summed E-state index contributed by atoms with van der Waals surface area (Å²) in [6.07, 6.45) is 4.52. The molecule has 0 aliphatic carbocycles. The van der Waals surface area contributed by atoms with Crippen molar-refractivity contribution in [2.45, 2.75) is 6.54 Å². The fraction of sp³-hybridized carbons (Fsp3) is 0.0909. The number of carbonyl (C=O) groups excluding carboxylic acids is 1. The first kappa shape index (κ1) is 12.6. The van der Waals surface area contributed by atoms with E-state index in [-0.39, 0.29) is 5.91 Å². The predicted octanol–water partition coefficient (Wildman–Crippen LogP) is 1.35. The van der Waals surface area contributed by atoms with Crippen molar-refractivity contribution < 1.29 is 4.79 Å². The van der Waals surface area contributed by atoms with Crippen LogP contribution in [0.4, 0.5) is 5.82 Å². The Hall–Kier alpha value is -1.86. The minimum atomic E-state index is -0.274. The Morgan fingerprint density at radius 1 is 1.33 bits per heavy atom. The molecular weight excluding hydrogens is 298 g/mol. The fourth-order valence-corrected chi connectivity index (χ4v) is 1.50. The van der Waals surface area contributed by atoms with Crippen molar-refractivity contribution in [2.75, 3.05) is 5.32 Å². The van der Waals surface area contributed by atoms with E-state index in [9.17, 15) is 4.79 Å². The normalized spacial score (nSPS) is 10.1. The molecule has 0 saturated heterocycles. The molecular formula is C11H10BrN5O. The molecule has 0 fully saturated rings. The van der Waals surface area contributed by atoms with Crippen LogP contribution in [-0.2, 0) is 6.54 Å². The second kappa shape index (κ2) is 5.65. The monoisotopic (exact) mass is 307 g/mol. The lowest BCUT2D eigenvalue weighted by atomic mass is 10.2. The highest BCUT2D eigenvalue weighted by atomic mass is 79.9. The molecule has 2 aromatic heterocycles. The minimum Gasteiger partial charge on any atom is -0.325 e. The second-order valence-electron chi connectivity index (χ2n) is 3.42. The Balaban J connectivity index is 2.14. The number of aromatic nitrogens is 3. The van der Waals surface area contributed by atoms with Crippen LogP contribution in [0.1, 0.15) is 16.1 Å². The summed E-state index contributed by atoms with van der Waals surface area (Å²) < 4.78 is 0.606. The molecule has 0 saturated carbocycles. The quantitative estimate of drug-likeness (QED) is 0.892. The summed E-state index contributed by atoms with van der Waals surface area (Å²) in [4.78, 5) is 23.9. The van der Waals surface area contributed by atoms with Crippen LogP contribution in [0.2, 0.25) is 0 Å². The molecule has 0 spiro atoms. The van der Waals surface area contributed by atoms with E-state index < -0.39 is 0 Å². The van der Waals surface area contributed by atoms with E-state index >= 15 is 0 Å². The molecule has 0 aliphatic heterocycles. The number of rotatable bonds is 3. The van der Waals surface area contributed by atoms with E-state index in [0.717, 1.165) is 0 Å². The molecule has 7 heteroatoms. The van der Waals surface area contributed by atoms with Crippen LogP contribution in [-0.4, -0.2) is 20.9 Å². The Morgan fingerprint density at radius 2 is 2.17 bits per heavy atom. The van der Waals surface area contributed by atoms with E-state index in [4.69, 9.17) is 5.73 Å². The largest absolute Gasteiger partial charge is 0.325 e. The first-order valence-corrected chi connectivity index (χ1v) is 5.92. The summed E-state index contributed by atoms with van der Waals surface area (Å²) in [6.45, 7) is 0.291. The number of hydrogen-bond acceptors (Lipinski definition) is 5. The fourth-order valence-electron chi connectivity index (χ4n) is 1.30. The van der Waals surface area contributed by atoms with Crippen LogP contribution in [0.3, 0.4) is 0 Å². The molecule has 0 aliphatic rings. The van der Waals surface area contributed by atoms with Crippen LogP contribution in [0, 0.1) is 0 Å². The first-order chi connectivity index (χ1) is 8.69. The van der Waals surface area contributed by atoms with E-state index in [1.165, 1.54) is 12.4 Å². The number of halogens is 1. The Labute approximate surface area is 112 Å². The topological polar surface area (TPSA) is 93.8 Å². The number of nitrogens with two attached hydrogens (primary N) is 1. The Kier molecular flexibility index (Phi) is 3.96. The van der Waals surface area contributed by atoms with Gasteiger partial charge in [-0.15, -0.1) is 0 Å². The third kappa shape index (κ3) is 3.08. The molecule has 0 radical (unpaired) electrons. The number of pyridine rings is 1. The number of nitrogens with one attached hydrogen (secondary N) is 1. The molecule has 1 amide bonds. The van der Waals surface area contributed by atoms with Gasteiger partial charge in [-0.05, 0) is 28.1 Å². The predicted molar refractivity (Wildman–Crippen MR) is 69.8 cm³/mol. The highest BCUT2D eigenvalue weighted by Gasteiger charge is 2.07. The molecule has 3 N–H and O–H groups in total. The van der Waals surface area contributed by atoms with Gasteiger partial charge in [0, 0.05) is 18.3 Å². The zero-order chi connectivity index (χ0) is 13.0. The molecule has 6 nitrogen and oxygen atoms in total. The molecule has 0 bridgehead atoms. The van der Waals surface area contributed by atoms with E-state index in [1.807, 2.05) is 0 Å². The third-order valence-electron chi connectivity index (χ3n) is 2.15. The van der Waals surface area contributed by atoms with Crippen molar-refractivity contribution >= 4 is 27.7 Å². The molecule has 0 aromatic carbocycles. The third-order valence-corrected chi connectivity index (χ3v) is 2.56. The smallest absolute Gasteiger partial charge is 0.256 e. The minimum absolute atomic E-state index is 0.274. The van der Waals surface area contributed by atoms with Gasteiger partial charge in [0.2, 0.25) is 0 Å². The van der Waals surface area contributed by atoms with E-state index in [0.29, 0.717) is 28.2 Å². The molecule has 2 rings (SSSR count). The standard InChI is InChI=1S/C11H10BrN5O/c12-9-5-16-10(6-15-9)17-11(18)7-1-2-14-8(3-7)4-13/h1-3,5-6H,4,13H2,(H,16,17,18). The van der Waals surface area contributed by atoms with Gasteiger partial charge in [0.15, 0.2) is 5.82 Å². The summed E-state index contributed by atoms with van der Waals surface area (Å²) in [6, 6.07) is 3.25. The number of hydrogen-bond donors (Lipinski definition) is 2. The Morgan fingerprint density at radius 3 is 2.83 bits per heavy atom. The summed E-state index contributed by atoms with van der Waals surface area (Å²) in [5.74, 6) is 0.109. The van der Waals surface area contributed by atoms with E-state index in [1.54, 1.807) is 18.3 Å². The van der Waals surface area contributed by atoms with Gasteiger partial charge in [0.05, 0.1) is 18.1 Å². The maximum Gasteiger partial charge on any atom is 0.256 e. The maximum atomic E-state index is 11.9. The number of carbonyl (C=O) groups is 1. The molecule has 2 heterocycles. The van der Waals surface area contributed by atoms with Gasteiger partial charge in [0.25, 0.3) is 5.91 Å². The summed E-state index contributed by atoms with van der Waals surface area (Å²) in [5.41, 5.74) is 6.60. The number of anilines is 1. The zero-order valence-corrected chi connectivity index (χ0v) is 10.9. The summed E-state index contributed by atoms with van der Waals surface area (Å²) in [5, 5.41) is 2.63. The van der Waals surface area contributed by atoms with Gasteiger partial charge in [-0.3, -0.25) is 9.78 Å². The van der Waals surface area contributed by atoms with Gasteiger partial charge < -0.3 is 11.1 Å². The molecule has 0 unspecified atom stereocenters. The van der Waals surface area contributed by atoms with Crippen molar-refractivity contribution in [3.8, 4) is 0 Å². The van der Waals surface area contributed by atoms with Gasteiger partial charge in [-0.1, -0.05) is 0 Å². The average molecular weight is 308 g/mol. The number of nitrogens with zero attached hydrogens (tertiary/aromatic N) is 3. The lowest BCUT2D eigenvalue weighted by Gasteiger charge is -2.04. The van der Waals surface area contributed by atoms with Gasteiger partial charge in [-0.2, -0.15) is 0 Å². The highest BCUT2D eigenvalue weighted by molar-refractivity contribution is 9.10. The Bertz CT molecular complexity index is 558. The van der Waals surface area contributed by atoms with Crippen molar-refractivity contribution in [2.24, 2.45) is 5.73 Å². The molecule has 2 aromatic rings. The summed E-state index contributed by atoms with van der Waals surface area (Å²) >= 11 is 3.17. The van der Waals surface area contributed by atoms with Crippen LogP contribution in [0.25, 0.3) is 0 Å². The summed E-state index contributed by atoms with van der Waals surface area (Å²) in [7, 11) is 0. The molecule has 0 atom stereocenters. The molecule has 92 valence electrons. The maximum absolute atomic E-state index is 11.9. The SMILES string of the molecule is NCc1cc(C(=O)Nc2cnc(Br)cn2)ccn1. The second-order valence-corrected chi connectivity index (χ2v) is 4.23. The van der Waals surface area contributed by atoms with Crippen LogP contribution < -0.4 is 11.1 Å².